The lowest BCUT2D eigenvalue weighted by Gasteiger charge is -2.49. The number of fused-ring (bicyclic) bond motifs is 1. The number of hydrogen-bond donors (Lipinski definition) is 10. The van der Waals surface area contributed by atoms with Crippen LogP contribution in [0.4, 0.5) is 0 Å². The number of carbonyl (C=O) groups excluding carboxylic acids is 3. The SMILES string of the molecule is CCC[C@H](OC1C(NC(C)=O)[C@H](O[C@@H]2CC(C(=O)NCCO[C@H]3OC(CO)[C@@H](O)C(OCc4cc5ccccc5oc4=O)C3O)CC(CC)C2O[C@@H]2OC(C)[C@@H](O)C(O)C2O)OC(CO)[C@@H]1O)C(=O)N1CCC1. The first-order chi connectivity index (χ1) is 35.0. The topological polar surface area (TPSA) is 344 Å². The van der Waals surface area contributed by atoms with Crippen LogP contribution in [0.2, 0.25) is 0 Å². The number of rotatable bonds is 21. The van der Waals surface area contributed by atoms with Crippen LogP contribution < -0.4 is 16.3 Å². The van der Waals surface area contributed by atoms with E-state index in [1.165, 1.54) is 13.8 Å². The average molecular weight is 1040 g/mol. The smallest absolute Gasteiger partial charge is 0.341 e. The fourth-order valence-electron chi connectivity index (χ4n) is 10.2. The molecule has 0 bridgehead atoms. The third-order valence-electron chi connectivity index (χ3n) is 14.4. The molecular formula is C49H73N3O21. The molecule has 12 unspecified atom stereocenters. The van der Waals surface area contributed by atoms with Gasteiger partial charge in [-0.15, -0.1) is 0 Å². The van der Waals surface area contributed by atoms with Gasteiger partial charge in [0.05, 0.1) is 50.3 Å². The van der Waals surface area contributed by atoms with Crippen molar-refractivity contribution in [1.82, 2.24) is 15.5 Å². The van der Waals surface area contributed by atoms with Gasteiger partial charge in [0.2, 0.25) is 11.8 Å². The number of amides is 3. The molecule has 2 aromatic rings. The van der Waals surface area contributed by atoms with Gasteiger partial charge in [0.25, 0.3) is 5.91 Å². The second kappa shape index (κ2) is 25.8. The molecule has 5 heterocycles. The third kappa shape index (κ3) is 13.2. The van der Waals surface area contributed by atoms with Crippen LogP contribution >= 0.6 is 0 Å². The largest absolute Gasteiger partial charge is 0.422 e. The Morgan fingerprint density at radius 1 is 0.808 bits per heavy atom. The van der Waals surface area contributed by atoms with E-state index in [-0.39, 0.29) is 50.5 Å². The Morgan fingerprint density at radius 3 is 2.16 bits per heavy atom. The number of aliphatic hydroxyl groups excluding tert-OH is 8. The zero-order valence-corrected chi connectivity index (χ0v) is 41.5. The Morgan fingerprint density at radius 2 is 1.51 bits per heavy atom. The van der Waals surface area contributed by atoms with Crippen molar-refractivity contribution in [3.8, 4) is 0 Å². The number of para-hydroxylation sites is 1. The monoisotopic (exact) mass is 1040 g/mol. The van der Waals surface area contributed by atoms with Crippen LogP contribution in [0, 0.1) is 11.8 Å². The molecule has 1 aromatic carbocycles. The molecule has 5 aliphatic rings. The van der Waals surface area contributed by atoms with E-state index in [4.69, 9.17) is 42.3 Å². The van der Waals surface area contributed by atoms with Crippen molar-refractivity contribution in [3.63, 3.8) is 0 Å². The highest BCUT2D eigenvalue weighted by Crippen LogP contribution is 2.40. The van der Waals surface area contributed by atoms with Gasteiger partial charge in [-0.3, -0.25) is 14.4 Å². The van der Waals surface area contributed by atoms with E-state index in [9.17, 15) is 60.0 Å². The van der Waals surface area contributed by atoms with Crippen LogP contribution in [0.1, 0.15) is 71.8 Å². The Labute approximate surface area is 421 Å². The van der Waals surface area contributed by atoms with Gasteiger partial charge in [0, 0.05) is 37.9 Å². The summed E-state index contributed by atoms with van der Waals surface area (Å²) in [6.45, 7) is 5.40. The maximum Gasteiger partial charge on any atom is 0.341 e. The summed E-state index contributed by atoms with van der Waals surface area (Å²) < 4.78 is 54.2. The number of benzene rings is 1. The molecule has 1 aliphatic carbocycles. The van der Waals surface area contributed by atoms with Crippen LogP contribution in [-0.2, 0) is 58.9 Å². The van der Waals surface area contributed by atoms with E-state index in [1.54, 1.807) is 35.2 Å². The number of likely N-dealkylation sites (tertiary alicyclic amines) is 1. The van der Waals surface area contributed by atoms with Crippen molar-refractivity contribution >= 4 is 28.7 Å². The first-order valence-corrected chi connectivity index (χ1v) is 25.3. The van der Waals surface area contributed by atoms with E-state index in [0.717, 1.165) is 6.42 Å². The molecule has 7 rings (SSSR count). The first kappa shape index (κ1) is 56.9. The van der Waals surface area contributed by atoms with Crippen LogP contribution in [0.3, 0.4) is 0 Å². The number of carbonyl (C=O) groups is 3. The second-order valence-corrected chi connectivity index (χ2v) is 19.5. The van der Waals surface area contributed by atoms with Gasteiger partial charge in [0.15, 0.2) is 18.9 Å². The van der Waals surface area contributed by atoms with Crippen molar-refractivity contribution in [3.05, 3.63) is 46.3 Å². The standard InChI is InChI=1S/C49H73N3O21/c1-5-10-30(45(63)52-14-9-15-52)68-42-34(51-24(4)55)47(71-32(20-53)36(42)57)70-31-19-27(17-25(6-2)41(31)73-49-39(60)38(59)35(56)23(3)67-49)44(62)50-13-16-65-48-40(61)43(37(58)33(21-54)72-48)66-22-28-18-26-11-7-8-12-29(26)69-46(28)64/h7-8,11-12,18,23,25,27,30-43,47-49,53-54,56-61H,5-6,9-10,13-17,19-22H2,1-4H3,(H,50,62)(H,51,55)/t23?,25?,27?,30-,31+,32?,33?,34?,35+,36-,37+,38?,39?,40?,41?,42?,43?,47+,48-,49-/m0/s1. The summed E-state index contributed by atoms with van der Waals surface area (Å²) in [5, 5.41) is 92.7. The molecule has 5 fully saturated rings. The highest BCUT2D eigenvalue weighted by Gasteiger charge is 2.53. The minimum atomic E-state index is -1.70. The maximum absolute atomic E-state index is 14.1. The van der Waals surface area contributed by atoms with E-state index in [0.29, 0.717) is 36.9 Å². The highest BCUT2D eigenvalue weighted by molar-refractivity contribution is 5.81. The number of hydrogen-bond acceptors (Lipinski definition) is 21. The molecule has 0 radical (unpaired) electrons. The van der Waals surface area contributed by atoms with Crippen molar-refractivity contribution in [2.45, 2.75) is 183 Å². The van der Waals surface area contributed by atoms with E-state index in [1.807, 2.05) is 13.8 Å². The van der Waals surface area contributed by atoms with Crippen molar-refractivity contribution in [2.24, 2.45) is 11.8 Å². The Hall–Kier alpha value is -3.80. The van der Waals surface area contributed by atoms with Gasteiger partial charge in [-0.25, -0.2) is 4.79 Å². The van der Waals surface area contributed by atoms with Crippen LogP contribution in [0.15, 0.2) is 39.5 Å². The molecular weight excluding hydrogens is 967 g/mol. The zero-order chi connectivity index (χ0) is 52.7. The van der Waals surface area contributed by atoms with Crippen molar-refractivity contribution in [1.29, 1.82) is 0 Å². The van der Waals surface area contributed by atoms with Crippen LogP contribution in [0.5, 0.6) is 0 Å². The van der Waals surface area contributed by atoms with Gasteiger partial charge in [-0.05, 0) is 50.7 Å². The third-order valence-corrected chi connectivity index (χ3v) is 14.4. The van der Waals surface area contributed by atoms with E-state index >= 15 is 0 Å². The molecule has 24 heteroatoms. The zero-order valence-electron chi connectivity index (χ0n) is 41.5. The van der Waals surface area contributed by atoms with Gasteiger partial charge in [-0.2, -0.15) is 0 Å². The maximum atomic E-state index is 14.1. The molecule has 73 heavy (non-hydrogen) atoms. The first-order valence-electron chi connectivity index (χ1n) is 25.3. The number of aliphatic hydroxyl groups is 8. The second-order valence-electron chi connectivity index (χ2n) is 19.5. The summed E-state index contributed by atoms with van der Waals surface area (Å²) in [7, 11) is 0. The lowest BCUT2D eigenvalue weighted by molar-refractivity contribution is -0.338. The van der Waals surface area contributed by atoms with Crippen LogP contribution in [0.25, 0.3) is 11.0 Å². The molecule has 24 nitrogen and oxygen atoms in total. The predicted molar refractivity (Wildman–Crippen MR) is 251 cm³/mol. The lowest BCUT2D eigenvalue weighted by Crippen LogP contribution is -2.67. The fourth-order valence-corrected chi connectivity index (χ4v) is 10.2. The molecule has 10 N–H and O–H groups in total. The molecule has 4 saturated heterocycles. The molecule has 1 aromatic heterocycles. The minimum absolute atomic E-state index is 0.0804. The molecule has 4 aliphatic heterocycles. The molecule has 0 spiro atoms. The Kier molecular flexibility index (Phi) is 20.1. The normalized spacial score (nSPS) is 37.3. The number of nitrogens with one attached hydrogen (secondary N) is 2. The predicted octanol–water partition coefficient (Wildman–Crippen LogP) is -2.35. The summed E-state index contributed by atoms with van der Waals surface area (Å²) in [4.78, 5) is 54.9. The van der Waals surface area contributed by atoms with Gasteiger partial charge < -0.3 is 98.7 Å². The Balaban J connectivity index is 1.06. The summed E-state index contributed by atoms with van der Waals surface area (Å²) in [5.74, 6) is -2.63. The lowest BCUT2D eigenvalue weighted by atomic mass is 9.75. The van der Waals surface area contributed by atoms with E-state index in [2.05, 4.69) is 10.6 Å². The van der Waals surface area contributed by atoms with Crippen molar-refractivity contribution < 1.29 is 97.5 Å². The summed E-state index contributed by atoms with van der Waals surface area (Å²) >= 11 is 0. The van der Waals surface area contributed by atoms with Gasteiger partial charge in [-0.1, -0.05) is 44.9 Å². The molecule has 1 saturated carbocycles. The molecule has 410 valence electrons. The number of ether oxygens (including phenoxy) is 8. The quantitative estimate of drug-likeness (QED) is 0.0462. The summed E-state index contributed by atoms with van der Waals surface area (Å²) in [6, 6.07) is 7.14. The summed E-state index contributed by atoms with van der Waals surface area (Å²) in [5.41, 5.74) is -0.191. The fraction of sp³-hybridized carbons (Fsp3) is 0.755. The van der Waals surface area contributed by atoms with Gasteiger partial charge >= 0.3 is 5.63 Å². The Bertz CT molecular complexity index is 2180. The van der Waals surface area contributed by atoms with Crippen LogP contribution in [-0.4, -0.2) is 213 Å². The van der Waals surface area contributed by atoms with Gasteiger partial charge in [0.1, 0.15) is 78.8 Å². The van der Waals surface area contributed by atoms with Crippen molar-refractivity contribution in [2.75, 3.05) is 39.5 Å². The minimum Gasteiger partial charge on any atom is -0.422 e. The molecule has 20 atom stereocenters. The molecule has 3 amide bonds. The summed E-state index contributed by atoms with van der Waals surface area (Å²) in [6.07, 6.45) is -21.1. The average Bonchev–Trinajstić information content (AvgIpc) is 3.35. The van der Waals surface area contributed by atoms with E-state index < -0.39 is 153 Å². The highest BCUT2D eigenvalue weighted by atomic mass is 16.7. The number of nitrogens with zero attached hydrogens (tertiary/aromatic N) is 1.